The quantitative estimate of drug-likeness (QED) is 0.187. The molecule has 0 radical (unpaired) electrons. The van der Waals surface area contributed by atoms with Crippen molar-refractivity contribution in [1.82, 2.24) is 5.32 Å². The van der Waals surface area contributed by atoms with Gasteiger partial charge in [-0.1, -0.05) is 194 Å². The Bertz CT molecular complexity index is 3070. The second-order valence-electron chi connectivity index (χ2n) is 16.0. The van der Waals surface area contributed by atoms with E-state index in [1.54, 1.807) is 0 Å². The van der Waals surface area contributed by atoms with Crippen LogP contribution in [0.25, 0.3) is 44.2 Å². The van der Waals surface area contributed by atoms with E-state index in [2.05, 4.69) is 212 Å². The van der Waals surface area contributed by atoms with Gasteiger partial charge < -0.3 is 5.32 Å². The van der Waals surface area contributed by atoms with Gasteiger partial charge in [0.25, 0.3) is 0 Å². The summed E-state index contributed by atoms with van der Waals surface area (Å²) in [4.78, 5) is 10.7. The number of hydrogen-bond acceptors (Lipinski definition) is 3. The first-order valence-electron chi connectivity index (χ1n) is 20.6. The number of rotatable bonds is 5. The van der Waals surface area contributed by atoms with Crippen molar-refractivity contribution in [3.05, 3.63) is 251 Å². The molecule has 1 heterocycles. The average molecular weight is 754 g/mol. The maximum atomic E-state index is 5.46. The summed E-state index contributed by atoms with van der Waals surface area (Å²) in [6, 6.07) is 66.8. The van der Waals surface area contributed by atoms with E-state index in [-0.39, 0.29) is 0 Å². The van der Waals surface area contributed by atoms with Gasteiger partial charge in [-0.05, 0) is 96.1 Å². The van der Waals surface area contributed by atoms with Gasteiger partial charge in [-0.15, -0.1) is 0 Å². The number of nitrogens with zero attached hydrogens (tertiary/aromatic N) is 2. The summed E-state index contributed by atoms with van der Waals surface area (Å²) in [5.74, 6) is 1.97. The van der Waals surface area contributed by atoms with E-state index in [0.29, 0.717) is 5.92 Å². The van der Waals surface area contributed by atoms with Crippen molar-refractivity contribution in [2.75, 3.05) is 0 Å². The third kappa shape index (κ3) is 5.14. The number of hydrogen-bond donors (Lipinski definition) is 1. The monoisotopic (exact) mass is 753 g/mol. The van der Waals surface area contributed by atoms with Crippen molar-refractivity contribution in [2.24, 2.45) is 9.98 Å². The lowest BCUT2D eigenvalue weighted by Crippen LogP contribution is -2.36. The number of aliphatic imine (C=N–C) groups is 2. The van der Waals surface area contributed by atoms with Crippen LogP contribution >= 0.6 is 0 Å². The van der Waals surface area contributed by atoms with Crippen LogP contribution in [0.1, 0.15) is 63.0 Å². The molecule has 4 aliphatic rings. The van der Waals surface area contributed by atoms with Crippen molar-refractivity contribution in [1.29, 1.82) is 0 Å². The molecule has 1 spiro atoms. The van der Waals surface area contributed by atoms with E-state index in [9.17, 15) is 0 Å². The van der Waals surface area contributed by atoms with Gasteiger partial charge in [-0.25, -0.2) is 9.98 Å². The Morgan fingerprint density at radius 1 is 0.458 bits per heavy atom. The Hall–Kier alpha value is -7.36. The lowest BCUT2D eigenvalue weighted by molar-refractivity contribution is 0.749. The van der Waals surface area contributed by atoms with E-state index in [1.807, 2.05) is 0 Å². The third-order valence-corrected chi connectivity index (χ3v) is 12.8. The standard InChI is InChI=1S/C56H39N3/c1-4-17-36(18-5-1)39-24-16-25-41(33-39)54-57-53(38-21-8-3-9-22-38)58-55(59-54)42-31-32-46-49(35-42)56(47-29-14-12-27-44(47)45-28-13-15-30-48(45)56)50-34-40-23-10-11-26-43(40)51(52(46)50)37-19-6-2-7-20-37/h1-17,19-36,54H,18H2,(H,57,58,59). The van der Waals surface area contributed by atoms with Crippen molar-refractivity contribution in [3.8, 4) is 33.4 Å². The summed E-state index contributed by atoms with van der Waals surface area (Å²) in [7, 11) is 0. The van der Waals surface area contributed by atoms with Gasteiger partial charge in [0.05, 0.1) is 5.41 Å². The topological polar surface area (TPSA) is 36.8 Å². The van der Waals surface area contributed by atoms with Gasteiger partial charge in [-0.3, -0.25) is 0 Å². The Kier molecular flexibility index (Phi) is 7.64. The maximum absolute atomic E-state index is 5.46. The van der Waals surface area contributed by atoms with Crippen LogP contribution in [0, 0.1) is 0 Å². The van der Waals surface area contributed by atoms with Gasteiger partial charge in [0.1, 0.15) is 11.7 Å². The SMILES string of the molecule is C1=CCC(c2cccc(C3N=C(c4ccccc4)NC(c4ccc5c(c4)C4(c6ccccc6-c6ccccc64)c4cc6ccccc6c(-c6ccccc6)c4-5)=N3)c2)C=C1. The van der Waals surface area contributed by atoms with Crippen molar-refractivity contribution < 1.29 is 0 Å². The van der Waals surface area contributed by atoms with Crippen LogP contribution in [0.2, 0.25) is 0 Å². The van der Waals surface area contributed by atoms with Crippen LogP contribution in [-0.4, -0.2) is 11.7 Å². The van der Waals surface area contributed by atoms with Crippen LogP contribution < -0.4 is 5.32 Å². The first-order valence-corrected chi connectivity index (χ1v) is 20.6. The molecule has 12 rings (SSSR count). The molecule has 278 valence electrons. The Morgan fingerprint density at radius 3 is 1.86 bits per heavy atom. The summed E-state index contributed by atoms with van der Waals surface area (Å²) in [5.41, 5.74) is 16.8. The van der Waals surface area contributed by atoms with E-state index in [1.165, 1.54) is 72.0 Å². The molecule has 8 aromatic carbocycles. The highest BCUT2D eigenvalue weighted by molar-refractivity contribution is 6.17. The fraction of sp³-hybridized carbons (Fsp3) is 0.0714. The lowest BCUT2D eigenvalue weighted by Gasteiger charge is -2.31. The highest BCUT2D eigenvalue weighted by atomic mass is 15.2. The number of amidine groups is 2. The summed E-state index contributed by atoms with van der Waals surface area (Å²) >= 11 is 0. The fourth-order valence-corrected chi connectivity index (χ4v) is 10.3. The zero-order valence-electron chi connectivity index (χ0n) is 32.4. The minimum Gasteiger partial charge on any atom is -0.324 e. The number of allylic oxidation sites excluding steroid dienone is 4. The average Bonchev–Trinajstić information content (AvgIpc) is 3.78. The predicted octanol–water partition coefficient (Wildman–Crippen LogP) is 12.9. The van der Waals surface area contributed by atoms with Gasteiger partial charge in [-0.2, -0.15) is 0 Å². The molecule has 3 nitrogen and oxygen atoms in total. The summed E-state index contributed by atoms with van der Waals surface area (Å²) in [5, 5.41) is 6.24. The van der Waals surface area contributed by atoms with Crippen LogP contribution in [-0.2, 0) is 5.41 Å². The van der Waals surface area contributed by atoms with Crippen LogP contribution in [0.4, 0.5) is 0 Å². The summed E-state index contributed by atoms with van der Waals surface area (Å²) in [6.45, 7) is 0. The molecule has 0 saturated carbocycles. The van der Waals surface area contributed by atoms with Crippen molar-refractivity contribution >= 4 is 22.4 Å². The summed E-state index contributed by atoms with van der Waals surface area (Å²) in [6.07, 6.45) is 9.40. The van der Waals surface area contributed by atoms with E-state index >= 15 is 0 Å². The highest BCUT2D eigenvalue weighted by Gasteiger charge is 2.52. The molecule has 1 N–H and O–H groups in total. The molecule has 0 fully saturated rings. The predicted molar refractivity (Wildman–Crippen MR) is 243 cm³/mol. The second-order valence-corrected chi connectivity index (χ2v) is 16.0. The first-order chi connectivity index (χ1) is 29.3. The molecular weight excluding hydrogens is 715 g/mol. The Labute approximate surface area is 344 Å². The molecule has 0 aromatic heterocycles. The van der Waals surface area contributed by atoms with Gasteiger partial charge in [0, 0.05) is 17.0 Å². The highest BCUT2D eigenvalue weighted by Crippen LogP contribution is 2.65. The van der Waals surface area contributed by atoms with Gasteiger partial charge in [0.15, 0.2) is 6.17 Å². The third-order valence-electron chi connectivity index (χ3n) is 12.8. The largest absolute Gasteiger partial charge is 0.324 e. The van der Waals surface area contributed by atoms with Crippen LogP contribution in [0.5, 0.6) is 0 Å². The minimum atomic E-state index is -0.539. The molecule has 0 amide bonds. The smallest absolute Gasteiger partial charge is 0.169 e. The molecular formula is C56H39N3. The maximum Gasteiger partial charge on any atom is 0.169 e. The van der Waals surface area contributed by atoms with Gasteiger partial charge >= 0.3 is 0 Å². The zero-order valence-corrected chi connectivity index (χ0v) is 32.4. The number of benzene rings is 8. The van der Waals surface area contributed by atoms with E-state index in [4.69, 9.17) is 9.98 Å². The second kappa shape index (κ2) is 13.4. The van der Waals surface area contributed by atoms with E-state index < -0.39 is 11.6 Å². The molecule has 2 unspecified atom stereocenters. The fourth-order valence-electron chi connectivity index (χ4n) is 10.3. The Morgan fingerprint density at radius 2 is 1.12 bits per heavy atom. The number of fused-ring (bicyclic) bond motifs is 11. The molecule has 1 aliphatic heterocycles. The van der Waals surface area contributed by atoms with Crippen LogP contribution in [0.3, 0.4) is 0 Å². The molecule has 0 saturated heterocycles. The Balaban J connectivity index is 1.11. The van der Waals surface area contributed by atoms with Crippen molar-refractivity contribution in [2.45, 2.75) is 23.9 Å². The molecule has 3 aliphatic carbocycles. The molecule has 2 atom stereocenters. The zero-order chi connectivity index (χ0) is 38.9. The molecule has 0 bridgehead atoms. The lowest BCUT2D eigenvalue weighted by atomic mass is 9.70. The number of nitrogens with one attached hydrogen (secondary N) is 1. The van der Waals surface area contributed by atoms with E-state index in [0.717, 1.165) is 34.8 Å². The molecule has 59 heavy (non-hydrogen) atoms. The van der Waals surface area contributed by atoms with Gasteiger partial charge in [0.2, 0.25) is 0 Å². The molecule has 8 aromatic rings. The minimum absolute atomic E-state index is 0.340. The first kappa shape index (κ1) is 33.7. The molecule has 3 heteroatoms. The van der Waals surface area contributed by atoms with Crippen molar-refractivity contribution in [3.63, 3.8) is 0 Å². The summed E-state index contributed by atoms with van der Waals surface area (Å²) < 4.78 is 0. The van der Waals surface area contributed by atoms with Crippen LogP contribution in [0.15, 0.2) is 216 Å². The normalized spacial score (nSPS) is 17.8.